The number of benzene rings is 2. The molecule has 2 aliphatic rings. The minimum absolute atomic E-state index is 0.00690. The third kappa shape index (κ3) is 5.06. The van der Waals surface area contributed by atoms with Gasteiger partial charge >= 0.3 is 5.97 Å². The number of hydrogen-bond donors (Lipinski definition) is 1. The van der Waals surface area contributed by atoms with Crippen LogP contribution in [0.15, 0.2) is 65.9 Å². The maximum Gasteiger partial charge on any atom is 0.355 e. The number of rotatable bonds is 8. The molecule has 11 nitrogen and oxygen atoms in total. The van der Waals surface area contributed by atoms with Crippen molar-refractivity contribution in [3.8, 4) is 5.75 Å². The predicted molar refractivity (Wildman–Crippen MR) is 123 cm³/mol. The van der Waals surface area contributed by atoms with Crippen LogP contribution in [0.1, 0.15) is 12.5 Å². The fourth-order valence-electron chi connectivity index (χ4n) is 3.76. The Bertz CT molecular complexity index is 1230. The Balaban J connectivity index is 1.38. The molecular formula is C23H21N3O8S. The molecule has 0 spiro atoms. The summed E-state index contributed by atoms with van der Waals surface area (Å²) >= 11 is 0. The van der Waals surface area contributed by atoms with E-state index in [1.54, 1.807) is 37.3 Å². The molecule has 0 bridgehead atoms. The summed E-state index contributed by atoms with van der Waals surface area (Å²) in [5.41, 5.74) is 0.854. The number of β-lactam (4-membered cyclic amide) rings is 1. The van der Waals surface area contributed by atoms with E-state index in [-0.39, 0.29) is 30.4 Å². The first-order valence-electron chi connectivity index (χ1n) is 10.5. The number of carbonyl (C=O) groups is 3. The lowest BCUT2D eigenvalue weighted by Gasteiger charge is -2.49. The number of amides is 2. The van der Waals surface area contributed by atoms with Crippen molar-refractivity contribution in [1.82, 2.24) is 10.2 Å². The molecule has 182 valence electrons. The molecule has 1 unspecified atom stereocenters. The van der Waals surface area contributed by atoms with Crippen LogP contribution in [0, 0.1) is 10.1 Å². The van der Waals surface area contributed by atoms with E-state index in [1.165, 1.54) is 24.3 Å². The summed E-state index contributed by atoms with van der Waals surface area (Å²) in [6.07, 6.45) is 0. The standard InChI is InChI=1S/C23H21N3O8S/c1-14-13-35(32)22-19(24-18(27)12-33-17-5-3-2-4-6-17)21(28)25(22)20(14)23(29)34-11-15-7-9-16(10-8-15)26(30)31/h2-10,19,22H,11-13H2,1H3,(H,24,27)/t19-,22-,35?/m0/s1. The van der Waals surface area contributed by atoms with Crippen LogP contribution >= 0.6 is 0 Å². The van der Waals surface area contributed by atoms with Gasteiger partial charge in [-0.1, -0.05) is 18.2 Å². The van der Waals surface area contributed by atoms with Gasteiger partial charge in [0.05, 0.1) is 15.7 Å². The van der Waals surface area contributed by atoms with E-state index < -0.39 is 44.9 Å². The van der Waals surface area contributed by atoms with Gasteiger partial charge in [-0.15, -0.1) is 0 Å². The number of nitrogens with zero attached hydrogens (tertiary/aromatic N) is 2. The smallest absolute Gasteiger partial charge is 0.355 e. The number of carbonyl (C=O) groups excluding carboxylic acids is 3. The van der Waals surface area contributed by atoms with Gasteiger partial charge in [0.25, 0.3) is 17.5 Å². The number of nitrogens with one attached hydrogen (secondary N) is 1. The average molecular weight is 500 g/mol. The maximum atomic E-state index is 12.8. The molecule has 2 amide bonds. The Labute approximate surface area is 202 Å². The van der Waals surface area contributed by atoms with Crippen molar-refractivity contribution in [3.05, 3.63) is 81.5 Å². The van der Waals surface area contributed by atoms with Gasteiger partial charge in [0.15, 0.2) is 6.61 Å². The van der Waals surface area contributed by atoms with E-state index in [0.717, 1.165) is 4.90 Å². The molecule has 0 aliphatic carbocycles. The third-order valence-corrected chi connectivity index (χ3v) is 7.20. The van der Waals surface area contributed by atoms with Gasteiger partial charge < -0.3 is 14.8 Å². The zero-order chi connectivity index (χ0) is 25.1. The number of nitro benzene ring substituents is 1. The molecule has 2 heterocycles. The first-order valence-corrected chi connectivity index (χ1v) is 11.9. The van der Waals surface area contributed by atoms with Crippen LogP contribution in [0.5, 0.6) is 5.75 Å². The zero-order valence-corrected chi connectivity index (χ0v) is 19.4. The molecule has 1 fully saturated rings. The number of para-hydroxylation sites is 1. The Morgan fingerprint density at radius 3 is 2.51 bits per heavy atom. The topological polar surface area (TPSA) is 145 Å². The highest BCUT2D eigenvalue weighted by Gasteiger charge is 2.56. The van der Waals surface area contributed by atoms with Crippen molar-refractivity contribution in [2.45, 2.75) is 24.9 Å². The Morgan fingerprint density at radius 1 is 1.17 bits per heavy atom. The van der Waals surface area contributed by atoms with Crippen LogP contribution in [0.3, 0.4) is 0 Å². The molecule has 0 aromatic heterocycles. The Hall–Kier alpha value is -4.06. The van der Waals surface area contributed by atoms with E-state index >= 15 is 0 Å². The summed E-state index contributed by atoms with van der Waals surface area (Å²) in [5, 5.41) is 12.4. The minimum atomic E-state index is -1.53. The molecule has 1 N–H and O–H groups in total. The number of esters is 1. The van der Waals surface area contributed by atoms with Gasteiger partial charge in [0.2, 0.25) is 0 Å². The van der Waals surface area contributed by atoms with E-state index in [4.69, 9.17) is 9.47 Å². The molecule has 0 radical (unpaired) electrons. The van der Waals surface area contributed by atoms with Gasteiger partial charge in [-0.3, -0.25) is 28.8 Å². The molecule has 1 saturated heterocycles. The van der Waals surface area contributed by atoms with Crippen molar-refractivity contribution in [2.75, 3.05) is 12.4 Å². The van der Waals surface area contributed by atoms with E-state index in [2.05, 4.69) is 5.32 Å². The second-order valence-corrected chi connectivity index (χ2v) is 9.43. The zero-order valence-electron chi connectivity index (χ0n) is 18.5. The lowest BCUT2D eigenvalue weighted by Crippen LogP contribution is -2.73. The number of non-ortho nitro benzene ring substituents is 1. The Morgan fingerprint density at radius 2 is 1.86 bits per heavy atom. The molecule has 35 heavy (non-hydrogen) atoms. The third-order valence-electron chi connectivity index (χ3n) is 5.46. The average Bonchev–Trinajstić information content (AvgIpc) is 2.85. The van der Waals surface area contributed by atoms with Crippen molar-refractivity contribution >= 4 is 34.3 Å². The second kappa shape index (κ2) is 10.1. The van der Waals surface area contributed by atoms with Crippen LogP contribution in [-0.4, -0.2) is 55.6 Å². The Kier molecular flexibility index (Phi) is 6.92. The second-order valence-electron chi connectivity index (χ2n) is 7.90. The van der Waals surface area contributed by atoms with Crippen LogP contribution in [-0.2, 0) is 36.5 Å². The summed E-state index contributed by atoms with van der Waals surface area (Å²) in [6, 6.07) is 13.1. The molecule has 4 rings (SSSR count). The van der Waals surface area contributed by atoms with Crippen LogP contribution in [0.2, 0.25) is 0 Å². The highest BCUT2D eigenvalue weighted by Crippen LogP contribution is 2.35. The largest absolute Gasteiger partial charge is 0.484 e. The number of fused-ring (bicyclic) bond motifs is 1. The van der Waals surface area contributed by atoms with Crippen molar-refractivity contribution in [2.24, 2.45) is 0 Å². The van der Waals surface area contributed by atoms with Crippen molar-refractivity contribution < 1.29 is 33.0 Å². The first-order chi connectivity index (χ1) is 16.8. The summed E-state index contributed by atoms with van der Waals surface area (Å²) in [6.45, 7) is 1.09. The highest BCUT2D eigenvalue weighted by molar-refractivity contribution is 7.86. The molecular weight excluding hydrogens is 478 g/mol. The fourth-order valence-corrected chi connectivity index (χ4v) is 5.43. The van der Waals surface area contributed by atoms with E-state index in [9.17, 15) is 28.7 Å². The summed E-state index contributed by atoms with van der Waals surface area (Å²) < 4.78 is 23.4. The molecule has 3 atom stereocenters. The normalized spacial score (nSPS) is 21.0. The molecule has 2 aromatic carbocycles. The van der Waals surface area contributed by atoms with Crippen LogP contribution in [0.4, 0.5) is 5.69 Å². The van der Waals surface area contributed by atoms with Gasteiger partial charge in [0, 0.05) is 17.9 Å². The van der Waals surface area contributed by atoms with Gasteiger partial charge in [0.1, 0.15) is 29.5 Å². The number of hydrogen-bond acceptors (Lipinski definition) is 8. The first kappa shape index (κ1) is 24.1. The van der Waals surface area contributed by atoms with Gasteiger partial charge in [-0.25, -0.2) is 4.79 Å². The lowest BCUT2D eigenvalue weighted by atomic mass is 10.0. The summed E-state index contributed by atoms with van der Waals surface area (Å²) in [5.74, 6) is -1.38. The number of ether oxygens (including phenoxy) is 2. The van der Waals surface area contributed by atoms with E-state index in [0.29, 0.717) is 16.9 Å². The monoisotopic (exact) mass is 499 g/mol. The quantitative estimate of drug-likeness (QED) is 0.248. The SMILES string of the molecule is CC1=C(C(=O)OCc2ccc([N+](=O)[O-])cc2)N2C(=O)[C@H](NC(=O)COc3ccccc3)[C@@H]2S(=O)C1. The summed E-state index contributed by atoms with van der Waals surface area (Å²) in [7, 11) is -1.53. The predicted octanol–water partition coefficient (Wildman–Crippen LogP) is 1.41. The number of nitro groups is 1. The van der Waals surface area contributed by atoms with Crippen LogP contribution in [0.25, 0.3) is 0 Å². The molecule has 0 saturated carbocycles. The van der Waals surface area contributed by atoms with Gasteiger partial charge in [-0.05, 0) is 42.3 Å². The van der Waals surface area contributed by atoms with Crippen molar-refractivity contribution in [1.29, 1.82) is 0 Å². The molecule has 12 heteroatoms. The lowest BCUT2D eigenvalue weighted by molar-refractivity contribution is -0.384. The summed E-state index contributed by atoms with van der Waals surface area (Å²) in [4.78, 5) is 49.3. The van der Waals surface area contributed by atoms with E-state index in [1.807, 2.05) is 0 Å². The van der Waals surface area contributed by atoms with Crippen molar-refractivity contribution in [3.63, 3.8) is 0 Å². The molecule has 2 aromatic rings. The highest BCUT2D eigenvalue weighted by atomic mass is 32.2. The minimum Gasteiger partial charge on any atom is -0.484 e. The maximum absolute atomic E-state index is 12.8. The molecule has 2 aliphatic heterocycles. The van der Waals surface area contributed by atoms with Crippen LogP contribution < -0.4 is 10.1 Å². The fraction of sp³-hybridized carbons (Fsp3) is 0.261. The van der Waals surface area contributed by atoms with Gasteiger partial charge in [-0.2, -0.15) is 0 Å².